The molecule has 4 heterocycles. The van der Waals surface area contributed by atoms with E-state index >= 15 is 0 Å². The number of nitrogens with one attached hydrogen (secondary N) is 2. The van der Waals surface area contributed by atoms with E-state index in [2.05, 4.69) is 271 Å². The number of imidazole rings is 1. The monoisotopic (exact) mass is 1120 g/mol. The van der Waals surface area contributed by atoms with Gasteiger partial charge in [-0.05, 0) is 184 Å². The lowest BCUT2D eigenvalue weighted by molar-refractivity contribution is 0.158. The van der Waals surface area contributed by atoms with Crippen LogP contribution >= 0.6 is 0 Å². The highest BCUT2D eigenvalue weighted by atomic mass is 15.2. The Hall–Kier alpha value is -5.65. The highest BCUT2D eigenvalue weighted by molar-refractivity contribution is 5.49. The summed E-state index contributed by atoms with van der Waals surface area (Å²) in [7, 11) is 10.5. The second kappa shape index (κ2) is 36.1. The Morgan fingerprint density at radius 1 is 0.476 bits per heavy atom. The van der Waals surface area contributed by atoms with Crippen molar-refractivity contribution < 1.29 is 0 Å². The van der Waals surface area contributed by atoms with E-state index in [1.807, 2.05) is 17.1 Å². The van der Waals surface area contributed by atoms with Gasteiger partial charge in [-0.15, -0.1) is 0 Å². The Morgan fingerprint density at radius 3 is 1.32 bits per heavy atom. The van der Waals surface area contributed by atoms with Crippen molar-refractivity contribution in [2.45, 2.75) is 131 Å². The molecule has 1 aromatic heterocycles. The molecule has 5 aromatic carbocycles. The normalized spacial score (nSPS) is 15.3. The van der Waals surface area contributed by atoms with Gasteiger partial charge in [0, 0.05) is 127 Å². The Morgan fingerprint density at radius 2 is 0.902 bits per heavy atom. The zero-order chi connectivity index (χ0) is 59.4. The minimum Gasteiger partial charge on any atom is -0.384 e. The predicted molar refractivity (Wildman–Crippen MR) is 359 cm³/mol. The van der Waals surface area contributed by atoms with Gasteiger partial charge in [0.25, 0.3) is 0 Å². The summed E-state index contributed by atoms with van der Waals surface area (Å²) < 4.78 is 2.00. The zero-order valence-corrected chi connectivity index (χ0v) is 54.0. The predicted octanol–water partition coefficient (Wildman–Crippen LogP) is 15.6. The number of hydrogen-bond donors (Lipinski definition) is 2. The zero-order valence-electron chi connectivity index (χ0n) is 54.0. The Kier molecular flexibility index (Phi) is 29.6. The van der Waals surface area contributed by atoms with Gasteiger partial charge in [-0.25, -0.2) is 4.98 Å². The molecule has 0 atom stereocenters. The lowest BCUT2D eigenvalue weighted by atomic mass is 9.94. The third-order valence-electron chi connectivity index (χ3n) is 16.3. The van der Waals surface area contributed by atoms with E-state index in [-0.39, 0.29) is 0 Å². The third-order valence-corrected chi connectivity index (χ3v) is 16.3. The summed E-state index contributed by atoms with van der Waals surface area (Å²) in [5.74, 6) is 3.99. The number of rotatable bonds is 18. The SMILES string of the molecule is CC(C)c1ccc(-n2ccnc2)cc1.CC(C)c1ccc(N(C)C)cc1.CC(C)c1ccc(N2CCC(CN3CCCCC3)CC2)cc1.CC(C)c1ccc(NCCN(C)C)cc1.CC(C)c1ccc(NCCN2CCN(C)CC2)cc1. The number of benzene rings is 5. The summed E-state index contributed by atoms with van der Waals surface area (Å²) in [6.45, 7) is 37.8. The largest absolute Gasteiger partial charge is 0.384 e. The van der Waals surface area contributed by atoms with E-state index in [9.17, 15) is 0 Å². The minimum absolute atomic E-state index is 0.590. The first-order valence-corrected chi connectivity index (χ1v) is 31.5. The van der Waals surface area contributed by atoms with Crippen molar-refractivity contribution in [3.05, 3.63) is 168 Å². The quantitative estimate of drug-likeness (QED) is 0.0876. The van der Waals surface area contributed by atoms with Crippen molar-refractivity contribution in [1.29, 1.82) is 0 Å². The maximum absolute atomic E-state index is 4.02. The van der Waals surface area contributed by atoms with Crippen molar-refractivity contribution >= 4 is 22.7 Å². The first kappa shape index (κ1) is 67.1. The van der Waals surface area contributed by atoms with Crippen LogP contribution in [-0.4, -0.2) is 149 Å². The molecule has 10 nitrogen and oxygen atoms in total. The van der Waals surface area contributed by atoms with Crippen molar-refractivity contribution in [2.75, 3.05) is 141 Å². The van der Waals surface area contributed by atoms with Crippen LogP contribution < -0.4 is 20.4 Å². The second-order valence-electron chi connectivity index (χ2n) is 25.2. The average molecular weight is 1120 g/mol. The number of nitrogens with zero attached hydrogens (tertiary/aromatic N) is 8. The molecule has 10 heteroatoms. The molecule has 3 aliphatic rings. The number of likely N-dealkylation sites (N-methyl/N-ethyl adjacent to an activating group) is 2. The minimum atomic E-state index is 0.590. The van der Waals surface area contributed by atoms with Gasteiger partial charge in [0.05, 0.1) is 6.33 Å². The van der Waals surface area contributed by atoms with Crippen LogP contribution in [0.15, 0.2) is 140 Å². The summed E-state index contributed by atoms with van der Waals surface area (Å²) in [6.07, 6.45) is 12.6. The molecule has 0 spiro atoms. The van der Waals surface area contributed by atoms with E-state index in [0.29, 0.717) is 29.6 Å². The lowest BCUT2D eigenvalue weighted by Gasteiger charge is -2.37. The second-order valence-corrected chi connectivity index (χ2v) is 25.2. The fourth-order valence-electron chi connectivity index (χ4n) is 10.4. The first-order valence-electron chi connectivity index (χ1n) is 31.5. The van der Waals surface area contributed by atoms with Crippen molar-refractivity contribution in [3.63, 3.8) is 0 Å². The molecule has 3 fully saturated rings. The molecule has 0 unspecified atom stereocenters. The van der Waals surface area contributed by atoms with Gasteiger partial charge in [-0.3, -0.25) is 4.90 Å². The van der Waals surface area contributed by atoms with Gasteiger partial charge in [-0.1, -0.05) is 136 Å². The van der Waals surface area contributed by atoms with Crippen LogP contribution in [0.4, 0.5) is 22.7 Å². The molecular formula is C72H112N10. The summed E-state index contributed by atoms with van der Waals surface area (Å²) in [6, 6.07) is 44.1. The number of anilines is 4. The van der Waals surface area contributed by atoms with Gasteiger partial charge in [0.1, 0.15) is 0 Å². The smallest absolute Gasteiger partial charge is 0.0991 e. The van der Waals surface area contributed by atoms with E-state index < -0.39 is 0 Å². The van der Waals surface area contributed by atoms with E-state index in [0.717, 1.165) is 37.8 Å². The molecule has 82 heavy (non-hydrogen) atoms. The number of hydrogen-bond acceptors (Lipinski definition) is 9. The van der Waals surface area contributed by atoms with E-state index in [1.165, 1.54) is 142 Å². The summed E-state index contributed by atoms with van der Waals surface area (Å²) >= 11 is 0. The standard InChI is InChI=1S/C20H32N2.C16H27N3.C13H22N2.C12H14N2.C11H17N/c1-17(2)19-6-8-20(9-7-19)22-14-10-18(11-15-22)16-21-12-4-3-5-13-21;1-14(2)15-4-6-16(7-5-15)17-8-9-19-12-10-18(3)11-13-19;1-11(2)12-5-7-13(8-6-12)14-9-10-15(3)4;1-10(2)11-3-5-12(6-4-11)14-8-7-13-9-14;1-9(2)10-5-7-11(8-6-10)12(3)4/h6-9,17-18H,3-5,10-16H2,1-2H3;4-7,14,17H,8-13H2,1-3H3;5-8,11,14H,9-10H2,1-4H3;3-10H,1-2H3;5-9H,1-4H3. The fourth-order valence-corrected chi connectivity index (χ4v) is 10.4. The van der Waals surface area contributed by atoms with Crippen LogP contribution in [0.3, 0.4) is 0 Å². The van der Waals surface area contributed by atoms with Crippen LogP contribution in [0.25, 0.3) is 5.69 Å². The highest BCUT2D eigenvalue weighted by Crippen LogP contribution is 2.27. The van der Waals surface area contributed by atoms with Crippen LogP contribution in [0.5, 0.6) is 0 Å². The van der Waals surface area contributed by atoms with Gasteiger partial charge in [0.2, 0.25) is 0 Å². The van der Waals surface area contributed by atoms with Crippen molar-refractivity contribution in [2.24, 2.45) is 5.92 Å². The molecule has 3 aliphatic heterocycles. The maximum atomic E-state index is 4.02. The average Bonchev–Trinajstić information content (AvgIpc) is 4.03. The molecule has 9 rings (SSSR count). The van der Waals surface area contributed by atoms with E-state index in [4.69, 9.17) is 0 Å². The molecule has 0 amide bonds. The first-order chi connectivity index (χ1) is 39.3. The van der Waals surface area contributed by atoms with Crippen molar-refractivity contribution in [3.8, 4) is 5.69 Å². The van der Waals surface area contributed by atoms with Gasteiger partial charge < -0.3 is 39.7 Å². The fraction of sp³-hybridized carbons (Fsp3) is 0.542. The van der Waals surface area contributed by atoms with Crippen LogP contribution in [-0.2, 0) is 0 Å². The lowest BCUT2D eigenvalue weighted by Crippen LogP contribution is -2.45. The molecule has 3 saturated heterocycles. The van der Waals surface area contributed by atoms with Crippen LogP contribution in [0, 0.1) is 5.92 Å². The molecule has 0 aliphatic carbocycles. The molecule has 0 saturated carbocycles. The van der Waals surface area contributed by atoms with E-state index in [1.54, 1.807) is 6.20 Å². The van der Waals surface area contributed by atoms with Crippen LogP contribution in [0.2, 0.25) is 0 Å². The Bertz CT molecular complexity index is 2500. The van der Waals surface area contributed by atoms with Gasteiger partial charge in [-0.2, -0.15) is 0 Å². The topological polar surface area (TPSA) is 61.3 Å². The van der Waals surface area contributed by atoms with Crippen molar-refractivity contribution in [1.82, 2.24) is 29.2 Å². The molecule has 0 radical (unpaired) electrons. The molecular weight excluding hydrogens is 1000 g/mol. The maximum Gasteiger partial charge on any atom is 0.0991 e. The Balaban J connectivity index is 0.000000191. The molecule has 2 N–H and O–H groups in total. The molecule has 450 valence electrons. The summed E-state index contributed by atoms with van der Waals surface area (Å²) in [4.78, 5) is 18.5. The summed E-state index contributed by atoms with van der Waals surface area (Å²) in [5, 5.41) is 6.91. The molecule has 6 aromatic rings. The summed E-state index contributed by atoms with van der Waals surface area (Å²) in [5.41, 5.74) is 13.3. The number of aromatic nitrogens is 2. The van der Waals surface area contributed by atoms with Gasteiger partial charge in [0.15, 0.2) is 0 Å². The van der Waals surface area contributed by atoms with Gasteiger partial charge >= 0.3 is 0 Å². The number of piperidine rings is 2. The third kappa shape index (κ3) is 24.7. The van der Waals surface area contributed by atoms with Crippen LogP contribution in [0.1, 0.15) is 159 Å². The highest BCUT2D eigenvalue weighted by Gasteiger charge is 2.23. The number of likely N-dealkylation sites (tertiary alicyclic amines) is 1. The Labute approximate surface area is 500 Å². The molecule has 0 bridgehead atoms. The number of piperazine rings is 1.